The number of hydrogen-bond donors (Lipinski definition) is 2. The molecule has 0 aliphatic carbocycles. The van der Waals surface area contributed by atoms with Crippen molar-refractivity contribution in [3.63, 3.8) is 0 Å². The summed E-state index contributed by atoms with van der Waals surface area (Å²) in [6, 6.07) is 25.1. The van der Waals surface area contributed by atoms with Gasteiger partial charge in [-0.1, -0.05) is 84.0 Å². The Labute approximate surface area is 210 Å². The van der Waals surface area contributed by atoms with Crippen molar-refractivity contribution < 1.29 is 24.3 Å². The first kappa shape index (κ1) is 25.1. The summed E-state index contributed by atoms with van der Waals surface area (Å²) in [5.74, 6) is -0.592. The summed E-state index contributed by atoms with van der Waals surface area (Å²) < 4.78 is 5.61. The number of aliphatic carboxylic acids is 1. The fourth-order valence-corrected chi connectivity index (χ4v) is 4.29. The number of hydrogen-bond acceptors (Lipinski definition) is 5. The van der Waals surface area contributed by atoms with Crippen LogP contribution in [0.1, 0.15) is 59.0 Å². The first-order valence-electron chi connectivity index (χ1n) is 12.1. The average molecular weight is 484 g/mol. The average Bonchev–Trinajstić information content (AvgIpc) is 3.29. The van der Waals surface area contributed by atoms with Crippen LogP contribution in [0.2, 0.25) is 0 Å². The molecule has 0 amide bonds. The van der Waals surface area contributed by atoms with Crippen molar-refractivity contribution >= 4 is 11.8 Å². The van der Waals surface area contributed by atoms with Crippen LogP contribution in [0.25, 0.3) is 22.5 Å². The van der Waals surface area contributed by atoms with Crippen LogP contribution in [-0.2, 0) is 11.2 Å². The van der Waals surface area contributed by atoms with Gasteiger partial charge in [0, 0.05) is 17.5 Å². The summed E-state index contributed by atoms with van der Waals surface area (Å²) in [6.07, 6.45) is 1.51. The summed E-state index contributed by atoms with van der Waals surface area (Å²) in [5, 5.41) is 23.8. The van der Waals surface area contributed by atoms with E-state index >= 15 is 0 Å². The van der Waals surface area contributed by atoms with E-state index in [2.05, 4.69) is 17.3 Å². The summed E-state index contributed by atoms with van der Waals surface area (Å²) >= 11 is 0. The molecule has 0 saturated carbocycles. The molecule has 36 heavy (non-hydrogen) atoms. The van der Waals surface area contributed by atoms with E-state index in [1.807, 2.05) is 61.5 Å². The van der Waals surface area contributed by atoms with Crippen molar-refractivity contribution in [2.24, 2.45) is 0 Å². The lowest BCUT2D eigenvalue weighted by atomic mass is 9.96. The topological polar surface area (TPSA) is 101 Å². The number of aliphatic hydroxyl groups is 1. The molecule has 1 aromatic heterocycles. The van der Waals surface area contributed by atoms with Gasteiger partial charge < -0.3 is 14.7 Å². The number of carboxylic acid groups (broad SMARTS) is 1. The Morgan fingerprint density at radius 1 is 0.861 bits per heavy atom. The predicted molar refractivity (Wildman–Crippen MR) is 138 cm³/mol. The lowest BCUT2D eigenvalue weighted by molar-refractivity contribution is -0.136. The Bertz CT molecular complexity index is 1310. The number of aryl methyl sites for hydroxylation is 2. The third kappa shape index (κ3) is 6.15. The molecule has 1 heterocycles. The Balaban J connectivity index is 1.43. The molecule has 0 bridgehead atoms. The van der Waals surface area contributed by atoms with Crippen LogP contribution < -0.4 is 0 Å². The SMILES string of the molecule is Cc1noc(-c2ccc(-c3ccc(C(=O)CCC(=O)O)cc3)cc2)c1C(O)CCCc1ccccc1. The maximum atomic E-state index is 12.1. The van der Waals surface area contributed by atoms with Gasteiger partial charge in [0.2, 0.25) is 0 Å². The maximum Gasteiger partial charge on any atom is 0.303 e. The zero-order valence-electron chi connectivity index (χ0n) is 20.2. The highest BCUT2D eigenvalue weighted by Crippen LogP contribution is 2.34. The minimum Gasteiger partial charge on any atom is -0.481 e. The van der Waals surface area contributed by atoms with Gasteiger partial charge in [0.15, 0.2) is 11.5 Å². The number of aliphatic hydroxyl groups excluding tert-OH is 1. The van der Waals surface area contributed by atoms with Crippen molar-refractivity contribution in [2.75, 3.05) is 0 Å². The molecule has 3 aromatic carbocycles. The van der Waals surface area contributed by atoms with Crippen molar-refractivity contribution in [3.8, 4) is 22.5 Å². The normalized spacial score (nSPS) is 11.8. The number of Topliss-reactive ketones (excluding diaryl/α,β-unsaturated/α-hetero) is 1. The third-order valence-electron chi connectivity index (χ3n) is 6.28. The molecule has 0 aliphatic heterocycles. The standard InChI is InChI=1S/C30H29NO5/c1-20-29(27(33)9-5-8-21-6-3-2-4-7-21)30(36-31-20)25-16-12-23(13-17-25)22-10-14-24(15-11-22)26(32)18-19-28(34)35/h2-4,6-7,10-17,27,33H,5,8-9,18-19H2,1H3,(H,34,35). The largest absolute Gasteiger partial charge is 0.481 e. The molecular weight excluding hydrogens is 454 g/mol. The third-order valence-corrected chi connectivity index (χ3v) is 6.28. The zero-order valence-corrected chi connectivity index (χ0v) is 20.2. The first-order chi connectivity index (χ1) is 17.4. The van der Waals surface area contributed by atoms with E-state index in [0.29, 0.717) is 23.4 Å². The van der Waals surface area contributed by atoms with Crippen LogP contribution >= 0.6 is 0 Å². The van der Waals surface area contributed by atoms with Gasteiger partial charge in [0.1, 0.15) is 0 Å². The van der Waals surface area contributed by atoms with Gasteiger partial charge in [-0.2, -0.15) is 0 Å². The molecule has 6 heteroatoms. The van der Waals surface area contributed by atoms with Gasteiger partial charge in [0.05, 0.1) is 23.8 Å². The van der Waals surface area contributed by atoms with Gasteiger partial charge in [-0.15, -0.1) is 0 Å². The van der Waals surface area contributed by atoms with Crippen LogP contribution in [0, 0.1) is 6.92 Å². The molecule has 6 nitrogen and oxygen atoms in total. The van der Waals surface area contributed by atoms with E-state index in [0.717, 1.165) is 35.1 Å². The molecule has 0 aliphatic rings. The molecule has 0 fully saturated rings. The van der Waals surface area contributed by atoms with E-state index in [9.17, 15) is 14.7 Å². The number of ketones is 1. The Hall–Kier alpha value is -4.03. The number of nitrogens with zero attached hydrogens (tertiary/aromatic N) is 1. The molecule has 184 valence electrons. The fraction of sp³-hybridized carbons (Fsp3) is 0.233. The van der Waals surface area contributed by atoms with Crippen LogP contribution in [-0.4, -0.2) is 27.1 Å². The predicted octanol–water partition coefficient (Wildman–Crippen LogP) is 6.42. The van der Waals surface area contributed by atoms with Gasteiger partial charge in [-0.3, -0.25) is 9.59 Å². The number of carboxylic acids is 1. The second kappa shape index (κ2) is 11.6. The highest BCUT2D eigenvalue weighted by Gasteiger charge is 2.22. The Morgan fingerprint density at radius 2 is 1.47 bits per heavy atom. The van der Waals surface area contributed by atoms with Crippen molar-refractivity contribution in [1.29, 1.82) is 0 Å². The highest BCUT2D eigenvalue weighted by atomic mass is 16.5. The van der Waals surface area contributed by atoms with E-state index in [-0.39, 0.29) is 18.6 Å². The maximum absolute atomic E-state index is 12.1. The molecule has 1 unspecified atom stereocenters. The van der Waals surface area contributed by atoms with Gasteiger partial charge >= 0.3 is 5.97 Å². The van der Waals surface area contributed by atoms with Crippen LogP contribution in [0.15, 0.2) is 83.4 Å². The molecule has 0 radical (unpaired) electrons. The number of rotatable bonds is 11. The van der Waals surface area contributed by atoms with E-state index in [1.165, 1.54) is 5.56 Å². The van der Waals surface area contributed by atoms with Crippen LogP contribution in [0.3, 0.4) is 0 Å². The molecular formula is C30H29NO5. The number of carbonyl (C=O) groups is 2. The zero-order chi connectivity index (χ0) is 25.5. The van der Waals surface area contributed by atoms with Gasteiger partial charge in [0.25, 0.3) is 0 Å². The quantitative estimate of drug-likeness (QED) is 0.239. The second-order valence-corrected chi connectivity index (χ2v) is 8.88. The Morgan fingerprint density at radius 3 is 2.11 bits per heavy atom. The van der Waals surface area contributed by atoms with Crippen molar-refractivity contribution in [2.45, 2.75) is 45.1 Å². The van der Waals surface area contributed by atoms with Crippen molar-refractivity contribution in [1.82, 2.24) is 5.16 Å². The molecule has 4 rings (SSSR count). The van der Waals surface area contributed by atoms with Crippen molar-refractivity contribution in [3.05, 3.63) is 101 Å². The number of carbonyl (C=O) groups excluding carboxylic acids is 1. The first-order valence-corrected chi connectivity index (χ1v) is 12.1. The van der Waals surface area contributed by atoms with E-state index < -0.39 is 12.1 Å². The van der Waals surface area contributed by atoms with E-state index in [1.54, 1.807) is 12.1 Å². The fourth-order valence-electron chi connectivity index (χ4n) is 4.29. The lowest BCUT2D eigenvalue weighted by Gasteiger charge is -2.12. The monoisotopic (exact) mass is 483 g/mol. The summed E-state index contributed by atoms with van der Waals surface area (Å²) in [6.45, 7) is 1.84. The smallest absolute Gasteiger partial charge is 0.303 e. The highest BCUT2D eigenvalue weighted by molar-refractivity contribution is 5.97. The second-order valence-electron chi connectivity index (χ2n) is 8.88. The van der Waals surface area contributed by atoms with E-state index in [4.69, 9.17) is 9.63 Å². The minimum absolute atomic E-state index is 0.0135. The van der Waals surface area contributed by atoms with Gasteiger partial charge in [-0.05, 0) is 42.9 Å². The molecule has 4 aromatic rings. The number of benzene rings is 3. The molecule has 0 saturated heterocycles. The summed E-state index contributed by atoms with van der Waals surface area (Å²) in [7, 11) is 0. The summed E-state index contributed by atoms with van der Waals surface area (Å²) in [4.78, 5) is 22.8. The van der Waals surface area contributed by atoms with Crippen LogP contribution in [0.5, 0.6) is 0 Å². The summed E-state index contributed by atoms with van der Waals surface area (Å²) in [5.41, 5.74) is 5.89. The van der Waals surface area contributed by atoms with Gasteiger partial charge in [-0.25, -0.2) is 0 Å². The lowest BCUT2D eigenvalue weighted by Crippen LogP contribution is -2.03. The molecule has 2 N–H and O–H groups in total. The van der Waals surface area contributed by atoms with Crippen LogP contribution in [0.4, 0.5) is 0 Å². The number of aromatic nitrogens is 1. The molecule has 0 spiro atoms. The molecule has 1 atom stereocenters. The minimum atomic E-state index is -0.982. The Kier molecular flexibility index (Phi) is 8.08.